The number of ether oxygens (including phenoxy) is 1. The summed E-state index contributed by atoms with van der Waals surface area (Å²) < 4.78 is 19.1. The van der Waals surface area contributed by atoms with Crippen molar-refractivity contribution in [2.24, 2.45) is 5.73 Å². The molecule has 0 aliphatic carbocycles. The third kappa shape index (κ3) is 2.42. The van der Waals surface area contributed by atoms with Gasteiger partial charge in [-0.2, -0.15) is 0 Å². The number of carbonyl (C=O) groups excluding carboxylic acids is 1. The summed E-state index contributed by atoms with van der Waals surface area (Å²) in [4.78, 5) is 12.5. The highest BCUT2D eigenvalue weighted by molar-refractivity contribution is 6.03. The molecule has 0 radical (unpaired) electrons. The van der Waals surface area contributed by atoms with Crippen LogP contribution in [0.3, 0.4) is 0 Å². The summed E-state index contributed by atoms with van der Waals surface area (Å²) in [6.07, 6.45) is 0. The van der Waals surface area contributed by atoms with Crippen molar-refractivity contribution in [2.45, 2.75) is 12.5 Å². The molecule has 2 N–H and O–H groups in total. The minimum atomic E-state index is -1.30. The van der Waals surface area contributed by atoms with Crippen LogP contribution in [0.15, 0.2) is 48.5 Å². The number of carbonyl (C=O) groups is 1. The molecule has 0 aliphatic heterocycles. The molecule has 0 fully saturated rings. The van der Waals surface area contributed by atoms with Gasteiger partial charge < -0.3 is 10.5 Å². The highest BCUT2D eigenvalue weighted by Gasteiger charge is 2.33. The molecule has 20 heavy (non-hydrogen) atoms. The Labute approximate surface area is 117 Å². The van der Waals surface area contributed by atoms with Crippen molar-refractivity contribution >= 4 is 5.78 Å². The Morgan fingerprint density at radius 1 is 1.15 bits per heavy atom. The lowest BCUT2D eigenvalue weighted by atomic mass is 9.85. The van der Waals surface area contributed by atoms with E-state index in [9.17, 15) is 9.18 Å². The molecule has 0 amide bonds. The fourth-order valence-corrected chi connectivity index (χ4v) is 2.04. The van der Waals surface area contributed by atoms with Gasteiger partial charge in [0, 0.05) is 0 Å². The Bertz CT molecular complexity index is 624. The van der Waals surface area contributed by atoms with Gasteiger partial charge in [0.2, 0.25) is 0 Å². The number of hydrogen-bond acceptors (Lipinski definition) is 3. The maximum absolute atomic E-state index is 14.2. The topological polar surface area (TPSA) is 52.3 Å². The molecule has 104 valence electrons. The number of halogens is 1. The molecule has 1 unspecified atom stereocenters. The van der Waals surface area contributed by atoms with E-state index in [-0.39, 0.29) is 11.3 Å². The largest absolute Gasteiger partial charge is 0.494 e. The quantitative estimate of drug-likeness (QED) is 0.871. The van der Waals surface area contributed by atoms with E-state index in [1.807, 2.05) is 6.07 Å². The van der Waals surface area contributed by atoms with E-state index in [2.05, 4.69) is 0 Å². The molecular weight excluding hydrogens is 257 g/mol. The highest BCUT2D eigenvalue weighted by atomic mass is 19.1. The van der Waals surface area contributed by atoms with Crippen LogP contribution in [0.25, 0.3) is 0 Å². The van der Waals surface area contributed by atoms with Crippen LogP contribution in [0.2, 0.25) is 0 Å². The summed E-state index contributed by atoms with van der Waals surface area (Å²) in [5.74, 6) is -1.15. The Kier molecular flexibility index (Phi) is 3.86. The van der Waals surface area contributed by atoms with Crippen LogP contribution < -0.4 is 10.5 Å². The van der Waals surface area contributed by atoms with Crippen LogP contribution in [-0.4, -0.2) is 12.9 Å². The Balaban J connectivity index is 2.46. The first-order valence-electron chi connectivity index (χ1n) is 6.20. The van der Waals surface area contributed by atoms with Gasteiger partial charge in [0.25, 0.3) is 0 Å². The van der Waals surface area contributed by atoms with E-state index >= 15 is 0 Å². The van der Waals surface area contributed by atoms with Crippen LogP contribution in [0.4, 0.5) is 4.39 Å². The van der Waals surface area contributed by atoms with Gasteiger partial charge in [-0.05, 0) is 24.6 Å². The molecule has 0 saturated carbocycles. The normalized spacial score (nSPS) is 13.6. The van der Waals surface area contributed by atoms with Crippen molar-refractivity contribution in [3.63, 3.8) is 0 Å². The van der Waals surface area contributed by atoms with E-state index < -0.39 is 17.1 Å². The molecule has 0 aliphatic rings. The molecule has 2 aromatic rings. The second-order valence-electron chi connectivity index (χ2n) is 4.72. The number of nitrogens with two attached hydrogens (primary N) is 1. The van der Waals surface area contributed by atoms with Crippen molar-refractivity contribution in [3.05, 3.63) is 65.5 Å². The SMILES string of the molecule is COc1cccc(C(=O)C(C)(N)c2ccccc2)c1F. The zero-order valence-electron chi connectivity index (χ0n) is 11.4. The van der Waals surface area contributed by atoms with Gasteiger partial charge in [-0.1, -0.05) is 36.4 Å². The third-order valence-corrected chi connectivity index (χ3v) is 3.27. The predicted molar refractivity (Wildman–Crippen MR) is 75.3 cm³/mol. The summed E-state index contributed by atoms with van der Waals surface area (Å²) in [5.41, 5.74) is 5.38. The van der Waals surface area contributed by atoms with Gasteiger partial charge >= 0.3 is 0 Å². The van der Waals surface area contributed by atoms with Crippen LogP contribution >= 0.6 is 0 Å². The summed E-state index contributed by atoms with van der Waals surface area (Å²) in [6, 6.07) is 13.3. The molecule has 2 aromatic carbocycles. The zero-order chi connectivity index (χ0) is 14.8. The maximum atomic E-state index is 14.2. The summed E-state index contributed by atoms with van der Waals surface area (Å²) in [7, 11) is 1.35. The molecule has 1 atom stereocenters. The van der Waals surface area contributed by atoms with Gasteiger partial charge in [0.15, 0.2) is 17.3 Å². The summed E-state index contributed by atoms with van der Waals surface area (Å²) in [6.45, 7) is 1.57. The minimum absolute atomic E-state index is 0.0275. The van der Waals surface area contributed by atoms with Crippen molar-refractivity contribution in [2.75, 3.05) is 7.11 Å². The third-order valence-electron chi connectivity index (χ3n) is 3.27. The zero-order valence-corrected chi connectivity index (χ0v) is 11.4. The highest BCUT2D eigenvalue weighted by Crippen LogP contribution is 2.27. The monoisotopic (exact) mass is 273 g/mol. The van der Waals surface area contributed by atoms with E-state index in [0.29, 0.717) is 5.56 Å². The molecule has 0 bridgehead atoms. The fraction of sp³-hybridized carbons (Fsp3) is 0.188. The van der Waals surface area contributed by atoms with Crippen LogP contribution in [-0.2, 0) is 5.54 Å². The standard InChI is InChI=1S/C16H16FNO2/c1-16(18,11-7-4-3-5-8-11)15(19)12-9-6-10-13(20-2)14(12)17/h3-10H,18H2,1-2H3. The number of methoxy groups -OCH3 is 1. The van der Waals surface area contributed by atoms with Crippen LogP contribution in [0.5, 0.6) is 5.75 Å². The fourth-order valence-electron chi connectivity index (χ4n) is 2.04. The van der Waals surface area contributed by atoms with E-state index in [4.69, 9.17) is 10.5 Å². The molecule has 2 rings (SSSR count). The first kappa shape index (κ1) is 14.2. The smallest absolute Gasteiger partial charge is 0.189 e. The Morgan fingerprint density at radius 3 is 2.40 bits per heavy atom. The van der Waals surface area contributed by atoms with Crippen LogP contribution in [0.1, 0.15) is 22.8 Å². The van der Waals surface area contributed by atoms with Gasteiger partial charge in [-0.25, -0.2) is 4.39 Å². The summed E-state index contributed by atoms with van der Waals surface area (Å²) >= 11 is 0. The van der Waals surface area contributed by atoms with E-state index in [1.165, 1.54) is 19.2 Å². The molecule has 0 aromatic heterocycles. The second-order valence-corrected chi connectivity index (χ2v) is 4.72. The van der Waals surface area contributed by atoms with E-state index in [1.54, 1.807) is 37.3 Å². The first-order valence-corrected chi connectivity index (χ1v) is 6.20. The lowest BCUT2D eigenvalue weighted by Crippen LogP contribution is -2.42. The molecule has 0 heterocycles. The second kappa shape index (κ2) is 5.43. The number of Topliss-reactive ketones (excluding diaryl/α,β-unsaturated/α-hetero) is 1. The van der Waals surface area contributed by atoms with Gasteiger partial charge in [-0.15, -0.1) is 0 Å². The van der Waals surface area contributed by atoms with Gasteiger partial charge in [0.05, 0.1) is 12.7 Å². The van der Waals surface area contributed by atoms with Crippen molar-refractivity contribution < 1.29 is 13.9 Å². The number of ketones is 1. The van der Waals surface area contributed by atoms with Crippen molar-refractivity contribution in [3.8, 4) is 5.75 Å². The number of hydrogen-bond donors (Lipinski definition) is 1. The van der Waals surface area contributed by atoms with E-state index in [0.717, 1.165) is 0 Å². The van der Waals surface area contributed by atoms with Gasteiger partial charge in [-0.3, -0.25) is 4.79 Å². The lowest BCUT2D eigenvalue weighted by Gasteiger charge is -2.24. The average molecular weight is 273 g/mol. The van der Waals surface area contributed by atoms with Gasteiger partial charge in [0.1, 0.15) is 5.54 Å². The first-order chi connectivity index (χ1) is 9.48. The lowest BCUT2D eigenvalue weighted by molar-refractivity contribution is 0.0895. The molecular formula is C16H16FNO2. The van der Waals surface area contributed by atoms with Crippen molar-refractivity contribution in [1.29, 1.82) is 0 Å². The molecule has 0 saturated heterocycles. The average Bonchev–Trinajstić information content (AvgIpc) is 2.47. The maximum Gasteiger partial charge on any atom is 0.189 e. The Hall–Kier alpha value is -2.20. The minimum Gasteiger partial charge on any atom is -0.494 e. The molecule has 0 spiro atoms. The van der Waals surface area contributed by atoms with Crippen LogP contribution in [0, 0.1) is 5.82 Å². The molecule has 4 heteroatoms. The predicted octanol–water partition coefficient (Wildman–Crippen LogP) is 2.89. The molecule has 3 nitrogen and oxygen atoms in total. The number of benzene rings is 2. The number of rotatable bonds is 4. The van der Waals surface area contributed by atoms with Crippen molar-refractivity contribution in [1.82, 2.24) is 0 Å². The summed E-state index contributed by atoms with van der Waals surface area (Å²) in [5, 5.41) is 0. The Morgan fingerprint density at radius 2 is 1.80 bits per heavy atom.